The number of hydrogen-bond acceptors (Lipinski definition) is 3. The fraction of sp³-hybridized carbons (Fsp3) is 0.188. The van der Waals surface area contributed by atoms with Gasteiger partial charge in [-0.1, -0.05) is 34.1 Å². The van der Waals surface area contributed by atoms with Gasteiger partial charge in [0.05, 0.1) is 12.7 Å². The summed E-state index contributed by atoms with van der Waals surface area (Å²) in [7, 11) is 1.38. The van der Waals surface area contributed by atoms with E-state index in [1.54, 1.807) is 6.07 Å². The Bertz CT molecular complexity index is 667. The predicted molar refractivity (Wildman–Crippen MR) is 79.0 cm³/mol. The summed E-state index contributed by atoms with van der Waals surface area (Å²) in [4.78, 5) is 11.5. The summed E-state index contributed by atoms with van der Waals surface area (Å²) >= 11 is 3.55. The van der Waals surface area contributed by atoms with Gasteiger partial charge in [-0.2, -0.15) is 0 Å². The van der Waals surface area contributed by atoms with Gasteiger partial charge in [-0.15, -0.1) is 0 Å². The third-order valence-electron chi connectivity index (χ3n) is 3.41. The van der Waals surface area contributed by atoms with Gasteiger partial charge in [-0.05, 0) is 29.8 Å². The summed E-state index contributed by atoms with van der Waals surface area (Å²) in [6, 6.07) is 13.4. The summed E-state index contributed by atoms with van der Waals surface area (Å²) in [6.07, 6.45) is 0.733. The van der Waals surface area contributed by atoms with Crippen LogP contribution < -0.4 is 4.74 Å². The average Bonchev–Trinajstić information content (AvgIpc) is 2.89. The Morgan fingerprint density at radius 1 is 1.30 bits per heavy atom. The normalized spacial score (nSPS) is 16.4. The molecule has 2 aromatic rings. The smallest absolute Gasteiger partial charge is 0.337 e. The second kappa shape index (κ2) is 5.29. The van der Waals surface area contributed by atoms with E-state index >= 15 is 0 Å². The molecule has 3 nitrogen and oxygen atoms in total. The van der Waals surface area contributed by atoms with Crippen LogP contribution in [0.1, 0.15) is 27.6 Å². The monoisotopic (exact) mass is 332 g/mol. The first-order valence-electron chi connectivity index (χ1n) is 6.31. The van der Waals surface area contributed by atoms with Crippen molar-refractivity contribution in [2.45, 2.75) is 12.5 Å². The zero-order valence-electron chi connectivity index (χ0n) is 10.9. The van der Waals surface area contributed by atoms with Gasteiger partial charge in [0.15, 0.2) is 0 Å². The summed E-state index contributed by atoms with van der Waals surface area (Å²) in [6.45, 7) is 0. The van der Waals surface area contributed by atoms with E-state index in [-0.39, 0.29) is 12.1 Å². The third kappa shape index (κ3) is 2.31. The molecule has 0 spiro atoms. The maximum Gasteiger partial charge on any atom is 0.337 e. The molecule has 20 heavy (non-hydrogen) atoms. The maximum atomic E-state index is 11.5. The lowest BCUT2D eigenvalue weighted by atomic mass is 10.0. The molecule has 1 aliphatic heterocycles. The molecular formula is C16H13BrO3. The van der Waals surface area contributed by atoms with Crippen molar-refractivity contribution >= 4 is 21.9 Å². The lowest BCUT2D eigenvalue weighted by molar-refractivity contribution is 0.0600. The van der Waals surface area contributed by atoms with Crippen molar-refractivity contribution in [1.29, 1.82) is 0 Å². The summed E-state index contributed by atoms with van der Waals surface area (Å²) < 4.78 is 11.7. The van der Waals surface area contributed by atoms with E-state index in [1.807, 2.05) is 36.4 Å². The Kier molecular flexibility index (Phi) is 3.49. The molecule has 1 atom stereocenters. The molecule has 0 amide bonds. The molecule has 0 unspecified atom stereocenters. The lowest BCUT2D eigenvalue weighted by Gasteiger charge is -2.12. The minimum absolute atomic E-state index is 0.0199. The van der Waals surface area contributed by atoms with Crippen LogP contribution in [0, 0.1) is 0 Å². The van der Waals surface area contributed by atoms with E-state index in [0.29, 0.717) is 5.56 Å². The zero-order chi connectivity index (χ0) is 14.1. The fourth-order valence-corrected chi connectivity index (χ4v) is 2.94. The molecule has 2 aromatic carbocycles. The lowest BCUT2D eigenvalue weighted by Crippen LogP contribution is -2.03. The van der Waals surface area contributed by atoms with Crippen molar-refractivity contribution in [2.75, 3.05) is 7.11 Å². The Morgan fingerprint density at radius 3 is 2.85 bits per heavy atom. The van der Waals surface area contributed by atoms with E-state index in [2.05, 4.69) is 15.9 Å². The van der Waals surface area contributed by atoms with Gasteiger partial charge in [0.2, 0.25) is 0 Å². The highest BCUT2D eigenvalue weighted by molar-refractivity contribution is 9.10. The highest BCUT2D eigenvalue weighted by Crippen LogP contribution is 2.39. The molecule has 0 aliphatic carbocycles. The largest absolute Gasteiger partial charge is 0.485 e. The zero-order valence-corrected chi connectivity index (χ0v) is 12.5. The summed E-state index contributed by atoms with van der Waals surface area (Å²) in [5.74, 6) is 0.510. The van der Waals surface area contributed by atoms with E-state index < -0.39 is 0 Å². The first-order chi connectivity index (χ1) is 9.69. The van der Waals surface area contributed by atoms with Crippen LogP contribution in [0.5, 0.6) is 5.75 Å². The molecule has 1 aliphatic rings. The molecule has 3 rings (SSSR count). The van der Waals surface area contributed by atoms with Crippen LogP contribution in [0.15, 0.2) is 46.9 Å². The maximum absolute atomic E-state index is 11.5. The van der Waals surface area contributed by atoms with Gasteiger partial charge in [-0.3, -0.25) is 0 Å². The number of esters is 1. The number of rotatable bonds is 2. The number of benzene rings is 2. The molecule has 0 N–H and O–H groups in total. The minimum atomic E-state index is -0.322. The second-order valence-electron chi connectivity index (χ2n) is 4.65. The van der Waals surface area contributed by atoms with Crippen LogP contribution in [-0.4, -0.2) is 13.1 Å². The average molecular weight is 333 g/mol. The van der Waals surface area contributed by atoms with Crippen LogP contribution in [-0.2, 0) is 11.2 Å². The summed E-state index contributed by atoms with van der Waals surface area (Å²) in [5, 5.41) is 0. The van der Waals surface area contributed by atoms with E-state index in [0.717, 1.165) is 27.8 Å². The third-order valence-corrected chi connectivity index (χ3v) is 4.13. The highest BCUT2D eigenvalue weighted by atomic mass is 79.9. The molecule has 0 saturated heterocycles. The first-order valence-corrected chi connectivity index (χ1v) is 7.10. The molecular weight excluding hydrogens is 320 g/mol. The minimum Gasteiger partial charge on any atom is -0.485 e. The van der Waals surface area contributed by atoms with Gasteiger partial charge in [0.25, 0.3) is 0 Å². The van der Waals surface area contributed by atoms with Gasteiger partial charge < -0.3 is 9.47 Å². The van der Waals surface area contributed by atoms with Crippen LogP contribution in [0.25, 0.3) is 0 Å². The Labute approximate surface area is 125 Å². The topological polar surface area (TPSA) is 35.5 Å². The van der Waals surface area contributed by atoms with Crippen LogP contribution >= 0.6 is 15.9 Å². The molecule has 0 bridgehead atoms. The molecule has 0 aromatic heterocycles. The number of ether oxygens (including phenoxy) is 2. The Balaban J connectivity index is 1.89. The van der Waals surface area contributed by atoms with Crippen molar-refractivity contribution in [3.8, 4) is 5.75 Å². The van der Waals surface area contributed by atoms with Crippen LogP contribution in [0.2, 0.25) is 0 Å². The van der Waals surface area contributed by atoms with Crippen molar-refractivity contribution in [3.05, 3.63) is 63.6 Å². The number of carbonyl (C=O) groups excluding carboxylic acids is 1. The highest BCUT2D eigenvalue weighted by Gasteiger charge is 2.26. The summed E-state index contributed by atoms with van der Waals surface area (Å²) in [5.41, 5.74) is 2.71. The number of hydrogen-bond donors (Lipinski definition) is 0. The molecule has 0 saturated carbocycles. The number of halogens is 1. The number of fused-ring (bicyclic) bond motifs is 1. The quantitative estimate of drug-likeness (QED) is 0.782. The van der Waals surface area contributed by atoms with Gasteiger partial charge in [0.1, 0.15) is 11.9 Å². The van der Waals surface area contributed by atoms with Crippen LogP contribution in [0.4, 0.5) is 0 Å². The molecule has 4 heteroatoms. The standard InChI is InChI=1S/C16H13BrO3/c1-19-16(18)10-6-7-14-11(8-10)9-15(20-14)12-4-2-3-5-13(12)17/h2-8,15H,9H2,1H3/t15-/m1/s1. The SMILES string of the molecule is COC(=O)c1ccc2c(c1)C[C@H](c1ccccc1Br)O2. The van der Waals surface area contributed by atoms with Crippen LogP contribution in [0.3, 0.4) is 0 Å². The Hall–Kier alpha value is -1.81. The van der Waals surface area contributed by atoms with Crippen molar-refractivity contribution in [2.24, 2.45) is 0 Å². The predicted octanol–water partition coefficient (Wildman–Crippen LogP) is 3.91. The van der Waals surface area contributed by atoms with E-state index in [1.165, 1.54) is 7.11 Å². The molecule has 1 heterocycles. The number of carbonyl (C=O) groups is 1. The first kappa shape index (κ1) is 13.2. The molecule has 0 fully saturated rings. The van der Waals surface area contributed by atoms with Gasteiger partial charge in [-0.25, -0.2) is 4.79 Å². The molecule has 102 valence electrons. The van der Waals surface area contributed by atoms with Crippen molar-refractivity contribution in [1.82, 2.24) is 0 Å². The van der Waals surface area contributed by atoms with Crippen molar-refractivity contribution < 1.29 is 14.3 Å². The molecule has 0 radical (unpaired) electrons. The van der Waals surface area contributed by atoms with E-state index in [4.69, 9.17) is 9.47 Å². The Morgan fingerprint density at radius 2 is 2.10 bits per heavy atom. The van der Waals surface area contributed by atoms with Gasteiger partial charge >= 0.3 is 5.97 Å². The van der Waals surface area contributed by atoms with Crippen molar-refractivity contribution in [3.63, 3.8) is 0 Å². The fourth-order valence-electron chi connectivity index (χ4n) is 2.40. The van der Waals surface area contributed by atoms with Gasteiger partial charge in [0, 0.05) is 16.5 Å². The second-order valence-corrected chi connectivity index (χ2v) is 5.50. The number of methoxy groups -OCH3 is 1. The van der Waals surface area contributed by atoms with E-state index in [9.17, 15) is 4.79 Å².